The van der Waals surface area contributed by atoms with Gasteiger partial charge in [0.05, 0.1) is 11.8 Å². The molecule has 2 aromatic carbocycles. The highest BCUT2D eigenvalue weighted by Crippen LogP contribution is 2.39. The van der Waals surface area contributed by atoms with Crippen molar-refractivity contribution in [2.75, 3.05) is 0 Å². The van der Waals surface area contributed by atoms with Gasteiger partial charge in [-0.1, -0.05) is 43.8 Å². The molecule has 0 saturated heterocycles. The lowest BCUT2D eigenvalue weighted by Crippen LogP contribution is -2.16. The van der Waals surface area contributed by atoms with Gasteiger partial charge in [0.2, 0.25) is 0 Å². The molecule has 0 radical (unpaired) electrons. The highest BCUT2D eigenvalue weighted by Gasteiger charge is 2.22. The van der Waals surface area contributed by atoms with Gasteiger partial charge in [0.1, 0.15) is 31.9 Å². The van der Waals surface area contributed by atoms with Gasteiger partial charge in [-0.2, -0.15) is 5.26 Å². The van der Waals surface area contributed by atoms with E-state index in [2.05, 4.69) is 53.7 Å². The number of fused-ring (bicyclic) bond motifs is 3. The minimum Gasteiger partial charge on any atom is -0.488 e. The second-order valence-corrected chi connectivity index (χ2v) is 15.2. The van der Waals surface area contributed by atoms with Gasteiger partial charge >= 0.3 is 0 Å². The predicted octanol–water partition coefficient (Wildman–Crippen LogP) is 6.84. The minimum absolute atomic E-state index is 0.299. The molecule has 0 unspecified atom stereocenters. The quantitative estimate of drug-likeness (QED) is 0.170. The van der Waals surface area contributed by atoms with E-state index in [1.807, 2.05) is 31.3 Å². The highest BCUT2D eigenvalue weighted by molar-refractivity contribution is 6.83. The van der Waals surface area contributed by atoms with Crippen LogP contribution in [0.1, 0.15) is 46.1 Å². The number of benzene rings is 2. The number of imidazole rings is 1. The van der Waals surface area contributed by atoms with Crippen LogP contribution in [0.5, 0.6) is 5.75 Å². The third-order valence-corrected chi connectivity index (χ3v) is 7.33. The summed E-state index contributed by atoms with van der Waals surface area (Å²) in [5, 5.41) is 9.70. The second-order valence-electron chi connectivity index (χ2n) is 10.5. The summed E-state index contributed by atoms with van der Waals surface area (Å²) < 4.78 is 22.1. The van der Waals surface area contributed by atoms with Crippen LogP contribution in [0.15, 0.2) is 60.3 Å². The maximum atomic E-state index is 14.0. The molecule has 2 aromatic heterocycles. The van der Waals surface area contributed by atoms with Crippen LogP contribution in [0.25, 0.3) is 11.2 Å². The number of nitrogens with zero attached hydrogens (tertiary/aromatic N) is 3. The molecule has 0 N–H and O–H groups in total. The van der Waals surface area contributed by atoms with Crippen LogP contribution in [0, 0.1) is 35.5 Å². The van der Waals surface area contributed by atoms with Crippen molar-refractivity contribution in [3.05, 3.63) is 105 Å². The molecule has 4 aromatic rings. The Kier molecular flexibility index (Phi) is 6.23. The van der Waals surface area contributed by atoms with Crippen molar-refractivity contribution in [3.63, 3.8) is 0 Å². The molecule has 4 nitrogen and oxygen atoms in total. The molecule has 5 rings (SSSR count). The Balaban J connectivity index is 1.52. The Morgan fingerprint density at radius 3 is 2.65 bits per heavy atom. The Morgan fingerprint density at radius 2 is 1.89 bits per heavy atom. The van der Waals surface area contributed by atoms with Gasteiger partial charge in [-0.25, -0.2) is 9.37 Å². The monoisotopic (exact) mass is 505 g/mol. The summed E-state index contributed by atoms with van der Waals surface area (Å²) in [5.41, 5.74) is 12.5. The highest BCUT2D eigenvalue weighted by atomic mass is 28.3. The number of halogens is 1. The summed E-state index contributed by atoms with van der Waals surface area (Å²) in [5.74, 6) is 3.41. The lowest BCUT2D eigenvalue weighted by molar-refractivity contribution is 0.305. The van der Waals surface area contributed by atoms with Crippen LogP contribution < -0.4 is 4.74 Å². The van der Waals surface area contributed by atoms with E-state index in [1.165, 1.54) is 12.1 Å². The fourth-order valence-electron chi connectivity index (χ4n) is 4.66. The molecule has 1 aliphatic rings. The Hall–Kier alpha value is -4.13. The van der Waals surface area contributed by atoms with E-state index in [0.29, 0.717) is 24.4 Å². The van der Waals surface area contributed by atoms with Crippen molar-refractivity contribution in [3.8, 4) is 23.3 Å². The first kappa shape index (κ1) is 24.6. The first-order chi connectivity index (χ1) is 17.6. The fourth-order valence-corrected chi connectivity index (χ4v) is 5.18. The second kappa shape index (κ2) is 9.39. The molecule has 0 spiro atoms. The molecular weight excluding hydrogens is 477 g/mol. The van der Waals surface area contributed by atoms with Gasteiger partial charge in [-0.15, -0.1) is 5.54 Å². The number of hydrogen-bond acceptors (Lipinski definition) is 3. The van der Waals surface area contributed by atoms with Gasteiger partial charge < -0.3 is 9.14 Å². The van der Waals surface area contributed by atoms with E-state index >= 15 is 0 Å². The topological polar surface area (TPSA) is 50.3 Å². The number of aryl methyl sites for hydroxylation is 1. The molecular formula is C31H28FN3OSi. The Bertz CT molecular complexity index is 1690. The van der Waals surface area contributed by atoms with E-state index in [1.54, 1.807) is 13.0 Å². The molecule has 0 atom stereocenters. The number of aromatic nitrogens is 2. The third-order valence-electron chi connectivity index (χ3n) is 6.46. The standard InChI is InChI=1S/C31H28FN3OSi/c1-20(18-33)31-26-8-6-23(14-24(26)19-36-29-17-25(32)7-9-27(29)31)15-28-21(2)34-30-16-22(10-12-35(28)30)11-13-37(3,4)5/h6-10,12,14,16-17H,15,19H2,1-5H3/b31-20-. The minimum atomic E-state index is -1.46. The lowest BCUT2D eigenvalue weighted by Gasteiger charge is -2.13. The molecule has 1 aliphatic heterocycles. The van der Waals surface area contributed by atoms with Crippen molar-refractivity contribution in [1.29, 1.82) is 5.26 Å². The molecule has 6 heteroatoms. The average Bonchev–Trinajstić information content (AvgIpc) is 3.06. The SMILES string of the molecule is C/C(C#N)=C1\c2ccc(Cc3c(C)nc4cc(C#C[Si](C)(C)C)ccn34)cc2COc2cc(F)ccc21. The summed E-state index contributed by atoms with van der Waals surface area (Å²) in [4.78, 5) is 4.80. The number of allylic oxidation sites excluding steroid dienone is 1. The van der Waals surface area contributed by atoms with E-state index in [-0.39, 0.29) is 5.82 Å². The molecule has 0 saturated carbocycles. The zero-order chi connectivity index (χ0) is 26.3. The van der Waals surface area contributed by atoms with Gasteiger partial charge in [0, 0.05) is 46.7 Å². The molecule has 0 bridgehead atoms. The van der Waals surface area contributed by atoms with Crippen LogP contribution in [0.3, 0.4) is 0 Å². The number of rotatable bonds is 2. The van der Waals surface area contributed by atoms with Crippen molar-refractivity contribution >= 4 is 19.3 Å². The molecule has 37 heavy (non-hydrogen) atoms. The summed E-state index contributed by atoms with van der Waals surface area (Å²) in [6.07, 6.45) is 2.74. The Labute approximate surface area is 218 Å². The molecule has 0 aliphatic carbocycles. The van der Waals surface area contributed by atoms with Crippen LogP contribution >= 0.6 is 0 Å². The van der Waals surface area contributed by atoms with Crippen LogP contribution in [-0.2, 0) is 13.0 Å². The average molecular weight is 506 g/mol. The molecule has 184 valence electrons. The largest absolute Gasteiger partial charge is 0.488 e. The van der Waals surface area contributed by atoms with E-state index in [0.717, 1.165) is 50.4 Å². The first-order valence-electron chi connectivity index (χ1n) is 12.3. The van der Waals surface area contributed by atoms with Crippen molar-refractivity contribution in [2.24, 2.45) is 0 Å². The van der Waals surface area contributed by atoms with E-state index < -0.39 is 8.07 Å². The van der Waals surface area contributed by atoms with Crippen LogP contribution in [-0.4, -0.2) is 17.5 Å². The fraction of sp³-hybridized carbons (Fsp3) is 0.226. The van der Waals surface area contributed by atoms with Crippen LogP contribution in [0.4, 0.5) is 4.39 Å². The summed E-state index contributed by atoms with van der Waals surface area (Å²) in [6, 6.07) is 17.1. The maximum absolute atomic E-state index is 14.0. The Morgan fingerprint density at radius 1 is 1.11 bits per heavy atom. The summed E-state index contributed by atoms with van der Waals surface area (Å²) in [6.45, 7) is 10.8. The van der Waals surface area contributed by atoms with Gasteiger partial charge in [-0.05, 0) is 54.8 Å². The molecule has 3 heterocycles. The first-order valence-corrected chi connectivity index (χ1v) is 15.8. The zero-order valence-electron chi connectivity index (χ0n) is 21.7. The molecule has 0 amide bonds. The van der Waals surface area contributed by atoms with Gasteiger partial charge in [0.25, 0.3) is 0 Å². The number of pyridine rings is 1. The van der Waals surface area contributed by atoms with E-state index in [9.17, 15) is 9.65 Å². The predicted molar refractivity (Wildman–Crippen MR) is 147 cm³/mol. The molecule has 0 fully saturated rings. The maximum Gasteiger partial charge on any atom is 0.138 e. The van der Waals surface area contributed by atoms with Crippen molar-refractivity contribution < 1.29 is 9.13 Å². The smallest absolute Gasteiger partial charge is 0.138 e. The summed E-state index contributed by atoms with van der Waals surface area (Å²) >= 11 is 0. The summed E-state index contributed by atoms with van der Waals surface area (Å²) in [7, 11) is -1.46. The third kappa shape index (κ3) is 4.94. The number of hydrogen-bond donors (Lipinski definition) is 0. The lowest BCUT2D eigenvalue weighted by atomic mass is 9.89. The number of nitriles is 1. The van der Waals surface area contributed by atoms with Crippen LogP contribution in [0.2, 0.25) is 19.6 Å². The van der Waals surface area contributed by atoms with Gasteiger partial charge in [0.15, 0.2) is 0 Å². The van der Waals surface area contributed by atoms with E-state index in [4.69, 9.17) is 9.72 Å². The number of ether oxygens (including phenoxy) is 1. The zero-order valence-corrected chi connectivity index (χ0v) is 22.7. The van der Waals surface area contributed by atoms with Gasteiger partial charge in [-0.3, -0.25) is 0 Å². The normalized spacial score (nSPS) is 14.0. The van der Waals surface area contributed by atoms with Crippen molar-refractivity contribution in [2.45, 2.75) is 46.5 Å². The van der Waals surface area contributed by atoms with Crippen molar-refractivity contribution in [1.82, 2.24) is 9.38 Å².